The number of hydrogen-bond acceptors (Lipinski definition) is 1. The Morgan fingerprint density at radius 3 is 3.11 bits per heavy atom. The summed E-state index contributed by atoms with van der Waals surface area (Å²) < 4.78 is 1.22. The van der Waals surface area contributed by atoms with Crippen molar-refractivity contribution in [3.8, 4) is 0 Å². The third-order valence-electron chi connectivity index (χ3n) is 1.96. The lowest BCUT2D eigenvalue weighted by molar-refractivity contribution is 0.948. The van der Waals surface area contributed by atoms with Crippen LogP contribution in [0.2, 0.25) is 0 Å². The summed E-state index contributed by atoms with van der Waals surface area (Å²) >= 11 is 3.46. The fraction of sp³-hybridized carbons (Fsp3) is 0.429. The van der Waals surface area contributed by atoms with E-state index < -0.39 is 0 Å². The van der Waals surface area contributed by atoms with Crippen LogP contribution in [0.25, 0.3) is 0 Å². The molecule has 0 radical (unpaired) electrons. The molecule has 2 unspecified atom stereocenters. The lowest BCUT2D eigenvalue weighted by Crippen LogP contribution is -2.00. The molecule has 9 heavy (non-hydrogen) atoms. The molecule has 1 nitrogen and oxygen atoms in total. The molecule has 0 aromatic carbocycles. The standard InChI is InChI=1S/C7H8BrN/c8-7-5-3-4(5)1-2-6(7)9/h1-2,4-5H,3,9H2. The molecule has 2 atom stereocenters. The first-order chi connectivity index (χ1) is 4.29. The highest BCUT2D eigenvalue weighted by Crippen LogP contribution is 2.50. The van der Waals surface area contributed by atoms with Gasteiger partial charge in [0.1, 0.15) is 0 Å². The van der Waals surface area contributed by atoms with Gasteiger partial charge in [-0.1, -0.05) is 22.0 Å². The molecular weight excluding hydrogens is 178 g/mol. The van der Waals surface area contributed by atoms with E-state index in [9.17, 15) is 0 Å². The van der Waals surface area contributed by atoms with Crippen molar-refractivity contribution in [2.45, 2.75) is 6.42 Å². The first-order valence-electron chi connectivity index (χ1n) is 3.12. The van der Waals surface area contributed by atoms with Crippen molar-refractivity contribution in [2.75, 3.05) is 0 Å². The minimum absolute atomic E-state index is 0.731. The lowest BCUT2D eigenvalue weighted by Gasteiger charge is -2.03. The van der Waals surface area contributed by atoms with E-state index >= 15 is 0 Å². The van der Waals surface area contributed by atoms with Crippen molar-refractivity contribution in [2.24, 2.45) is 17.6 Å². The number of nitrogens with two attached hydrogens (primary N) is 1. The summed E-state index contributed by atoms with van der Waals surface area (Å²) in [6.45, 7) is 0. The topological polar surface area (TPSA) is 26.0 Å². The van der Waals surface area contributed by atoms with E-state index in [-0.39, 0.29) is 0 Å². The van der Waals surface area contributed by atoms with Crippen molar-refractivity contribution >= 4 is 15.9 Å². The zero-order valence-corrected chi connectivity index (χ0v) is 6.56. The van der Waals surface area contributed by atoms with Crippen LogP contribution in [-0.2, 0) is 0 Å². The van der Waals surface area contributed by atoms with Crippen molar-refractivity contribution in [1.82, 2.24) is 0 Å². The number of hydrogen-bond donors (Lipinski definition) is 1. The van der Waals surface area contributed by atoms with Gasteiger partial charge in [0.05, 0.1) is 0 Å². The number of rotatable bonds is 0. The summed E-state index contributed by atoms with van der Waals surface area (Å²) in [7, 11) is 0. The Hall–Kier alpha value is -0.240. The van der Waals surface area contributed by atoms with Gasteiger partial charge in [0, 0.05) is 10.2 Å². The molecule has 2 N–H and O–H groups in total. The normalized spacial score (nSPS) is 38.8. The Morgan fingerprint density at radius 2 is 2.44 bits per heavy atom. The van der Waals surface area contributed by atoms with Crippen LogP contribution in [0.15, 0.2) is 22.3 Å². The maximum Gasteiger partial charge on any atom is 0.0416 e. The van der Waals surface area contributed by atoms with Gasteiger partial charge in [-0.05, 0) is 24.3 Å². The van der Waals surface area contributed by atoms with Crippen molar-refractivity contribution in [3.63, 3.8) is 0 Å². The Bertz CT molecular complexity index is 205. The summed E-state index contributed by atoms with van der Waals surface area (Å²) in [5, 5.41) is 0. The Balaban J connectivity index is 2.36. The first-order valence-corrected chi connectivity index (χ1v) is 3.91. The van der Waals surface area contributed by atoms with Crippen LogP contribution < -0.4 is 5.73 Å². The molecule has 2 rings (SSSR count). The largest absolute Gasteiger partial charge is 0.398 e. The predicted octanol–water partition coefficient (Wildman–Crippen LogP) is 1.76. The third-order valence-corrected chi connectivity index (χ3v) is 3.01. The molecular formula is C7H8BrN. The zero-order chi connectivity index (χ0) is 6.43. The highest BCUT2D eigenvalue weighted by molar-refractivity contribution is 9.11. The molecule has 0 heterocycles. The molecule has 0 spiro atoms. The summed E-state index contributed by atoms with van der Waals surface area (Å²) in [6, 6.07) is 0. The zero-order valence-electron chi connectivity index (χ0n) is 4.97. The molecule has 0 aliphatic heterocycles. The van der Waals surface area contributed by atoms with E-state index in [1.165, 1.54) is 10.9 Å². The van der Waals surface area contributed by atoms with Crippen LogP contribution in [0.5, 0.6) is 0 Å². The third kappa shape index (κ3) is 0.732. The van der Waals surface area contributed by atoms with E-state index in [2.05, 4.69) is 22.0 Å². The van der Waals surface area contributed by atoms with Crippen molar-refractivity contribution in [3.05, 3.63) is 22.3 Å². The number of allylic oxidation sites excluding steroid dienone is 3. The molecule has 0 amide bonds. The Kier molecular flexibility index (Phi) is 1.00. The molecule has 0 aromatic rings. The van der Waals surface area contributed by atoms with Gasteiger partial charge in [-0.25, -0.2) is 0 Å². The SMILES string of the molecule is NC1=C(Br)C2CC2C=C1. The molecule has 0 bridgehead atoms. The van der Waals surface area contributed by atoms with Crippen LogP contribution in [0.3, 0.4) is 0 Å². The predicted molar refractivity (Wildman–Crippen MR) is 40.9 cm³/mol. The monoisotopic (exact) mass is 185 g/mol. The minimum atomic E-state index is 0.731. The average molecular weight is 186 g/mol. The van der Waals surface area contributed by atoms with Gasteiger partial charge < -0.3 is 5.73 Å². The first kappa shape index (κ1) is 5.54. The van der Waals surface area contributed by atoms with Gasteiger partial charge in [0.15, 0.2) is 0 Å². The van der Waals surface area contributed by atoms with Gasteiger partial charge >= 0.3 is 0 Å². The van der Waals surface area contributed by atoms with E-state index in [1.54, 1.807) is 0 Å². The van der Waals surface area contributed by atoms with Crippen molar-refractivity contribution < 1.29 is 0 Å². The van der Waals surface area contributed by atoms with Gasteiger partial charge in [0.2, 0.25) is 0 Å². The van der Waals surface area contributed by atoms with Crippen molar-refractivity contribution in [1.29, 1.82) is 0 Å². The van der Waals surface area contributed by atoms with Crippen LogP contribution in [0.1, 0.15) is 6.42 Å². The van der Waals surface area contributed by atoms with Gasteiger partial charge in [-0.2, -0.15) is 0 Å². The number of fused-ring (bicyclic) bond motifs is 1. The fourth-order valence-electron chi connectivity index (χ4n) is 1.24. The second-order valence-corrected chi connectivity index (χ2v) is 3.52. The van der Waals surface area contributed by atoms with Crippen LogP contribution in [0, 0.1) is 11.8 Å². The van der Waals surface area contributed by atoms with E-state index in [4.69, 9.17) is 5.73 Å². The minimum Gasteiger partial charge on any atom is -0.398 e. The van der Waals surface area contributed by atoms with Gasteiger partial charge in [-0.3, -0.25) is 0 Å². The van der Waals surface area contributed by atoms with Crippen LogP contribution in [-0.4, -0.2) is 0 Å². The highest BCUT2D eigenvalue weighted by atomic mass is 79.9. The molecule has 0 aromatic heterocycles. The van der Waals surface area contributed by atoms with E-state index in [0.29, 0.717) is 0 Å². The molecule has 2 aliphatic rings. The summed E-state index contributed by atoms with van der Waals surface area (Å²) in [5.74, 6) is 1.53. The second kappa shape index (κ2) is 1.63. The summed E-state index contributed by atoms with van der Waals surface area (Å²) in [5.41, 5.74) is 6.55. The van der Waals surface area contributed by atoms with Gasteiger partial charge in [0.25, 0.3) is 0 Å². The molecule has 1 fully saturated rings. The van der Waals surface area contributed by atoms with Gasteiger partial charge in [-0.15, -0.1) is 0 Å². The fourth-order valence-corrected chi connectivity index (χ4v) is 1.90. The summed E-state index contributed by atoms with van der Waals surface area (Å²) in [4.78, 5) is 0. The molecule has 1 saturated carbocycles. The molecule has 2 heteroatoms. The quantitative estimate of drug-likeness (QED) is 0.612. The lowest BCUT2D eigenvalue weighted by atomic mass is 10.2. The maximum atomic E-state index is 5.64. The number of halogens is 1. The summed E-state index contributed by atoms with van der Waals surface area (Å²) in [6.07, 6.45) is 5.49. The second-order valence-electron chi connectivity index (χ2n) is 2.67. The maximum absolute atomic E-state index is 5.64. The Labute approximate surface area is 62.7 Å². The highest BCUT2D eigenvalue weighted by Gasteiger charge is 2.39. The molecule has 0 saturated heterocycles. The smallest absolute Gasteiger partial charge is 0.0416 e. The van der Waals surface area contributed by atoms with E-state index in [1.807, 2.05) is 6.08 Å². The van der Waals surface area contributed by atoms with E-state index in [0.717, 1.165) is 17.5 Å². The average Bonchev–Trinajstić information content (AvgIpc) is 2.58. The molecule has 48 valence electrons. The Morgan fingerprint density at radius 1 is 1.67 bits per heavy atom. The molecule has 2 aliphatic carbocycles. The van der Waals surface area contributed by atoms with Crippen LogP contribution >= 0.6 is 15.9 Å². The van der Waals surface area contributed by atoms with Crippen LogP contribution in [0.4, 0.5) is 0 Å².